The van der Waals surface area contributed by atoms with Crippen molar-refractivity contribution in [2.45, 2.75) is 12.5 Å². The first-order valence-electron chi connectivity index (χ1n) is 12.4. The number of fused-ring (bicyclic) bond motifs is 2. The molecule has 3 heterocycles. The van der Waals surface area contributed by atoms with Gasteiger partial charge in [0, 0.05) is 16.4 Å². The molecule has 0 unspecified atom stereocenters. The molecule has 2 aliphatic heterocycles. The Kier molecular flexibility index (Phi) is 6.64. The zero-order valence-corrected chi connectivity index (χ0v) is 22.6. The highest BCUT2D eigenvalue weighted by Crippen LogP contribution is 2.44. The largest absolute Gasteiger partial charge is 0.493 e. The number of hydrogen-bond donors (Lipinski definition) is 0. The molecule has 3 aromatic carbocycles. The topological polar surface area (TPSA) is 57.2 Å². The lowest BCUT2D eigenvalue weighted by atomic mass is 9.87. The van der Waals surface area contributed by atoms with Crippen LogP contribution in [0, 0.1) is 0 Å². The maximum absolute atomic E-state index is 14.1. The number of halogens is 1. The van der Waals surface area contributed by atoms with Gasteiger partial charge in [-0.2, -0.15) is 0 Å². The normalized spacial score (nSPS) is 16.1. The fourth-order valence-electron chi connectivity index (χ4n) is 5.14. The van der Waals surface area contributed by atoms with Crippen LogP contribution in [0.5, 0.6) is 23.0 Å². The van der Waals surface area contributed by atoms with Gasteiger partial charge in [-0.05, 0) is 77.2 Å². The minimum Gasteiger partial charge on any atom is -0.493 e. The molecule has 0 saturated carbocycles. The van der Waals surface area contributed by atoms with E-state index in [9.17, 15) is 4.79 Å². The van der Waals surface area contributed by atoms with Gasteiger partial charge in [-0.25, -0.2) is 0 Å². The van der Waals surface area contributed by atoms with Gasteiger partial charge >= 0.3 is 0 Å². The SMILES string of the molecule is COc1cc2c(cc1OC)[C@H](c1ccccc1Cl)N(C(=O)c1ccc(-c3ccc4c(c3)OCCO4)s1)CC2. The Labute approximate surface area is 230 Å². The van der Waals surface area contributed by atoms with Crippen LogP contribution in [0.2, 0.25) is 5.02 Å². The number of methoxy groups -OCH3 is 2. The Hall–Kier alpha value is -3.68. The third-order valence-corrected chi connectivity index (χ3v) is 8.44. The highest BCUT2D eigenvalue weighted by Gasteiger charge is 2.35. The van der Waals surface area contributed by atoms with E-state index in [4.69, 9.17) is 30.5 Å². The molecule has 0 N–H and O–H groups in total. The van der Waals surface area contributed by atoms with E-state index >= 15 is 0 Å². The Morgan fingerprint density at radius 1 is 0.921 bits per heavy atom. The predicted octanol–water partition coefficient (Wildman–Crippen LogP) is 6.64. The molecular formula is C30H26ClNO5S. The predicted molar refractivity (Wildman–Crippen MR) is 148 cm³/mol. The van der Waals surface area contributed by atoms with E-state index in [1.165, 1.54) is 11.3 Å². The van der Waals surface area contributed by atoms with Gasteiger partial charge in [-0.15, -0.1) is 11.3 Å². The average molecular weight is 548 g/mol. The second-order valence-electron chi connectivity index (χ2n) is 9.10. The smallest absolute Gasteiger partial charge is 0.264 e. The zero-order chi connectivity index (χ0) is 26.2. The van der Waals surface area contributed by atoms with Crippen molar-refractivity contribution >= 4 is 28.8 Å². The summed E-state index contributed by atoms with van der Waals surface area (Å²) >= 11 is 8.17. The number of hydrogen-bond acceptors (Lipinski definition) is 6. The molecule has 2 aliphatic rings. The summed E-state index contributed by atoms with van der Waals surface area (Å²) in [6.07, 6.45) is 0.697. The highest BCUT2D eigenvalue weighted by molar-refractivity contribution is 7.17. The van der Waals surface area contributed by atoms with E-state index in [2.05, 4.69) is 0 Å². The standard InChI is InChI=1S/C30H26ClNO5S/c1-34-24-15-18-11-12-32(29(21(18)17-25(24)35-2)20-5-3-4-6-22(20)31)30(33)28-10-9-27(38-28)19-7-8-23-26(16-19)37-14-13-36-23/h3-10,15-17,29H,11-14H2,1-2H3/t29-/m0/s1. The summed E-state index contributed by atoms with van der Waals surface area (Å²) < 4.78 is 22.6. The Morgan fingerprint density at radius 2 is 1.68 bits per heavy atom. The first-order valence-corrected chi connectivity index (χ1v) is 13.6. The number of thiophene rings is 1. The molecule has 0 fully saturated rings. The summed E-state index contributed by atoms with van der Waals surface area (Å²) in [5.74, 6) is 2.73. The lowest BCUT2D eigenvalue weighted by Crippen LogP contribution is -2.40. The van der Waals surface area contributed by atoms with Crippen molar-refractivity contribution in [2.24, 2.45) is 0 Å². The Bertz CT molecular complexity index is 1520. The highest BCUT2D eigenvalue weighted by atomic mass is 35.5. The number of ether oxygens (including phenoxy) is 4. The van der Waals surface area contributed by atoms with Gasteiger partial charge in [0.05, 0.1) is 25.1 Å². The lowest BCUT2D eigenvalue weighted by Gasteiger charge is -2.38. The van der Waals surface area contributed by atoms with Crippen LogP contribution < -0.4 is 18.9 Å². The van der Waals surface area contributed by atoms with Crippen LogP contribution in [0.25, 0.3) is 10.4 Å². The molecule has 4 aromatic rings. The summed E-state index contributed by atoms with van der Waals surface area (Å²) in [6, 6.07) is 21.1. The summed E-state index contributed by atoms with van der Waals surface area (Å²) in [6.45, 7) is 1.63. The van der Waals surface area contributed by atoms with E-state index in [0.29, 0.717) is 47.6 Å². The fourth-order valence-corrected chi connectivity index (χ4v) is 6.34. The van der Waals surface area contributed by atoms with Gasteiger partial charge in [0.1, 0.15) is 13.2 Å². The fraction of sp³-hybridized carbons (Fsp3) is 0.233. The second kappa shape index (κ2) is 10.2. The van der Waals surface area contributed by atoms with Crippen molar-refractivity contribution in [1.82, 2.24) is 4.90 Å². The van der Waals surface area contributed by atoms with E-state index in [0.717, 1.165) is 38.6 Å². The number of carbonyl (C=O) groups is 1. The number of nitrogens with zero attached hydrogens (tertiary/aromatic N) is 1. The van der Waals surface area contributed by atoms with Crippen LogP contribution in [-0.4, -0.2) is 44.8 Å². The van der Waals surface area contributed by atoms with Gasteiger partial charge in [-0.3, -0.25) is 4.79 Å². The molecule has 6 rings (SSSR count). The van der Waals surface area contributed by atoms with Crippen molar-refractivity contribution in [2.75, 3.05) is 34.0 Å². The van der Waals surface area contributed by atoms with E-state index in [1.807, 2.05) is 71.6 Å². The Balaban J connectivity index is 1.38. The molecule has 6 nitrogen and oxygen atoms in total. The maximum Gasteiger partial charge on any atom is 0.264 e. The molecule has 0 saturated heterocycles. The molecule has 0 radical (unpaired) electrons. The van der Waals surface area contributed by atoms with Crippen LogP contribution in [0.15, 0.2) is 66.7 Å². The molecule has 0 aliphatic carbocycles. The van der Waals surface area contributed by atoms with Crippen molar-refractivity contribution in [3.8, 4) is 33.4 Å². The lowest BCUT2D eigenvalue weighted by molar-refractivity contribution is 0.0699. The minimum atomic E-state index is -0.361. The second-order valence-corrected chi connectivity index (χ2v) is 10.6. The number of rotatable bonds is 5. The summed E-state index contributed by atoms with van der Waals surface area (Å²) in [5, 5.41) is 0.612. The van der Waals surface area contributed by atoms with Crippen LogP contribution in [0.4, 0.5) is 0 Å². The summed E-state index contributed by atoms with van der Waals surface area (Å²) in [7, 11) is 3.25. The number of carbonyl (C=O) groups excluding carboxylic acids is 1. The first kappa shape index (κ1) is 24.6. The van der Waals surface area contributed by atoms with Crippen molar-refractivity contribution in [1.29, 1.82) is 0 Å². The van der Waals surface area contributed by atoms with Crippen LogP contribution in [-0.2, 0) is 6.42 Å². The molecule has 0 bridgehead atoms. The van der Waals surface area contributed by atoms with Gasteiger partial charge in [-0.1, -0.05) is 29.8 Å². The molecular weight excluding hydrogens is 522 g/mol. The van der Waals surface area contributed by atoms with Gasteiger partial charge in [0.25, 0.3) is 5.91 Å². The molecule has 1 atom stereocenters. The van der Waals surface area contributed by atoms with Gasteiger partial charge < -0.3 is 23.8 Å². The molecule has 8 heteroatoms. The Morgan fingerprint density at radius 3 is 2.47 bits per heavy atom. The van der Waals surface area contributed by atoms with E-state index < -0.39 is 0 Å². The van der Waals surface area contributed by atoms with Gasteiger partial charge in [0.2, 0.25) is 0 Å². The third kappa shape index (κ3) is 4.36. The monoisotopic (exact) mass is 547 g/mol. The van der Waals surface area contributed by atoms with Crippen molar-refractivity contribution in [3.05, 3.63) is 93.3 Å². The van der Waals surface area contributed by atoms with Crippen molar-refractivity contribution < 1.29 is 23.7 Å². The number of benzene rings is 3. The quantitative estimate of drug-likeness (QED) is 0.280. The maximum atomic E-state index is 14.1. The zero-order valence-electron chi connectivity index (χ0n) is 21.0. The van der Waals surface area contributed by atoms with Crippen LogP contribution in [0.1, 0.15) is 32.4 Å². The number of amides is 1. The van der Waals surface area contributed by atoms with Crippen LogP contribution >= 0.6 is 22.9 Å². The van der Waals surface area contributed by atoms with Crippen molar-refractivity contribution in [3.63, 3.8) is 0 Å². The van der Waals surface area contributed by atoms with E-state index in [1.54, 1.807) is 14.2 Å². The molecule has 38 heavy (non-hydrogen) atoms. The molecule has 0 spiro atoms. The van der Waals surface area contributed by atoms with E-state index in [-0.39, 0.29) is 11.9 Å². The van der Waals surface area contributed by atoms with Crippen LogP contribution in [0.3, 0.4) is 0 Å². The third-order valence-electron chi connectivity index (χ3n) is 6.98. The molecule has 1 aromatic heterocycles. The van der Waals surface area contributed by atoms with Gasteiger partial charge in [0.15, 0.2) is 23.0 Å². The average Bonchev–Trinajstić information content (AvgIpc) is 3.46. The molecule has 194 valence electrons. The summed E-state index contributed by atoms with van der Waals surface area (Å²) in [4.78, 5) is 17.6. The molecule has 1 amide bonds. The minimum absolute atomic E-state index is 0.0378. The first-order chi connectivity index (χ1) is 18.6. The summed E-state index contributed by atoms with van der Waals surface area (Å²) in [5.41, 5.74) is 3.96.